The molecule has 1 unspecified atom stereocenters. The van der Waals surface area contributed by atoms with Gasteiger partial charge in [0.05, 0.1) is 17.6 Å². The van der Waals surface area contributed by atoms with Crippen molar-refractivity contribution >= 4 is 28.3 Å². The number of halogens is 1. The van der Waals surface area contributed by atoms with Crippen molar-refractivity contribution < 1.29 is 4.79 Å². The topological polar surface area (TPSA) is 67.2 Å². The maximum atomic E-state index is 13.3. The summed E-state index contributed by atoms with van der Waals surface area (Å²) in [4.78, 5) is 28.1. The summed E-state index contributed by atoms with van der Waals surface area (Å²) in [5, 5.41) is 10.3. The van der Waals surface area contributed by atoms with Crippen molar-refractivity contribution in [2.24, 2.45) is 5.92 Å². The van der Waals surface area contributed by atoms with Gasteiger partial charge in [0.15, 0.2) is 0 Å². The molecule has 1 saturated heterocycles. The highest BCUT2D eigenvalue weighted by Gasteiger charge is 2.27. The Bertz CT molecular complexity index is 1230. The van der Waals surface area contributed by atoms with Crippen LogP contribution in [0.15, 0.2) is 53.3 Å². The van der Waals surface area contributed by atoms with Crippen LogP contribution in [0.1, 0.15) is 49.8 Å². The molecule has 184 valence electrons. The maximum absolute atomic E-state index is 13.3. The minimum atomic E-state index is -0.0400. The minimum absolute atomic E-state index is 0.0400. The van der Waals surface area contributed by atoms with Gasteiger partial charge in [-0.05, 0) is 56.0 Å². The second kappa shape index (κ2) is 10.9. The van der Waals surface area contributed by atoms with Crippen LogP contribution in [0.4, 0.5) is 0 Å². The number of hydrogen-bond donors (Lipinski definition) is 1. The molecule has 0 radical (unpaired) electrons. The van der Waals surface area contributed by atoms with Crippen molar-refractivity contribution in [1.29, 1.82) is 0 Å². The Morgan fingerprint density at radius 2 is 1.74 bits per heavy atom. The van der Waals surface area contributed by atoms with E-state index in [1.807, 2.05) is 48.5 Å². The molecule has 0 spiro atoms. The average Bonchev–Trinajstić information content (AvgIpc) is 3.56. The molecule has 1 aliphatic heterocycles. The number of carbonyl (C=O) groups is 1. The molecule has 1 N–H and O–H groups in total. The first-order valence-electron chi connectivity index (χ1n) is 12.8. The summed E-state index contributed by atoms with van der Waals surface area (Å²) in [5.41, 5.74) is 1.97. The molecule has 1 saturated carbocycles. The van der Waals surface area contributed by atoms with Gasteiger partial charge in [0.1, 0.15) is 0 Å². The Balaban J connectivity index is 1.31. The van der Waals surface area contributed by atoms with Gasteiger partial charge in [-0.15, -0.1) is 0 Å². The lowest BCUT2D eigenvalue weighted by Crippen LogP contribution is -2.42. The largest absolute Gasteiger partial charge is 0.355 e. The van der Waals surface area contributed by atoms with Crippen LogP contribution in [-0.2, 0) is 17.8 Å². The summed E-state index contributed by atoms with van der Waals surface area (Å²) in [6.45, 7) is 3.02. The maximum Gasteiger partial charge on any atom is 0.274 e. The third-order valence-corrected chi connectivity index (χ3v) is 7.79. The van der Waals surface area contributed by atoms with Gasteiger partial charge in [-0.25, -0.2) is 4.68 Å². The lowest BCUT2D eigenvalue weighted by atomic mass is 10.0. The van der Waals surface area contributed by atoms with Gasteiger partial charge in [0, 0.05) is 41.9 Å². The number of likely N-dealkylation sites (tertiary alicyclic amines) is 1. The molecule has 2 aliphatic rings. The van der Waals surface area contributed by atoms with E-state index in [-0.39, 0.29) is 23.4 Å². The second-order valence-corrected chi connectivity index (χ2v) is 10.3. The van der Waals surface area contributed by atoms with Crippen LogP contribution in [0.2, 0.25) is 5.02 Å². The molecule has 1 amide bonds. The van der Waals surface area contributed by atoms with Crippen LogP contribution in [-0.4, -0.2) is 46.3 Å². The molecule has 3 aromatic rings. The Morgan fingerprint density at radius 1 is 1.00 bits per heavy atom. The van der Waals surface area contributed by atoms with Crippen LogP contribution in [0, 0.1) is 5.92 Å². The predicted molar refractivity (Wildman–Crippen MR) is 140 cm³/mol. The molecule has 1 atom stereocenters. The Hall–Kier alpha value is -2.70. The summed E-state index contributed by atoms with van der Waals surface area (Å²) in [6.07, 6.45) is 7.14. The molecule has 2 aromatic carbocycles. The zero-order chi connectivity index (χ0) is 24.2. The number of aromatic nitrogens is 2. The van der Waals surface area contributed by atoms with Gasteiger partial charge in [-0.1, -0.05) is 54.8 Å². The van der Waals surface area contributed by atoms with Crippen LogP contribution >= 0.6 is 11.6 Å². The van der Waals surface area contributed by atoms with E-state index in [0.29, 0.717) is 29.9 Å². The van der Waals surface area contributed by atoms with Gasteiger partial charge in [-0.2, -0.15) is 5.10 Å². The molecule has 2 fully saturated rings. The average molecular weight is 493 g/mol. The third-order valence-electron chi connectivity index (χ3n) is 7.54. The first-order valence-corrected chi connectivity index (χ1v) is 13.2. The molecular weight excluding hydrogens is 460 g/mol. The second-order valence-electron chi connectivity index (χ2n) is 9.89. The Labute approximate surface area is 211 Å². The third kappa shape index (κ3) is 5.60. The van der Waals surface area contributed by atoms with Crippen molar-refractivity contribution in [3.05, 3.63) is 75.2 Å². The first-order chi connectivity index (χ1) is 17.1. The summed E-state index contributed by atoms with van der Waals surface area (Å²) in [6, 6.07) is 15.8. The number of benzene rings is 2. The van der Waals surface area contributed by atoms with Crippen molar-refractivity contribution in [2.45, 2.75) is 57.5 Å². The van der Waals surface area contributed by atoms with Crippen molar-refractivity contribution in [2.75, 3.05) is 19.6 Å². The molecule has 2 heterocycles. The first kappa shape index (κ1) is 24.0. The van der Waals surface area contributed by atoms with E-state index >= 15 is 0 Å². The number of amides is 1. The molecule has 5 rings (SSSR count). The van der Waals surface area contributed by atoms with Gasteiger partial charge >= 0.3 is 0 Å². The van der Waals surface area contributed by atoms with Crippen LogP contribution in [0.5, 0.6) is 0 Å². The summed E-state index contributed by atoms with van der Waals surface area (Å²) < 4.78 is 1.66. The van der Waals surface area contributed by atoms with E-state index in [1.54, 1.807) is 4.68 Å². The van der Waals surface area contributed by atoms with E-state index < -0.39 is 0 Å². The van der Waals surface area contributed by atoms with Gasteiger partial charge in [0.2, 0.25) is 5.91 Å². The van der Waals surface area contributed by atoms with Crippen molar-refractivity contribution in [1.82, 2.24) is 20.0 Å². The predicted octanol–water partition coefficient (Wildman–Crippen LogP) is 4.41. The number of carbonyl (C=O) groups excluding carboxylic acids is 1. The van der Waals surface area contributed by atoms with Gasteiger partial charge in [-0.3, -0.25) is 14.5 Å². The molecule has 1 aromatic heterocycles. The summed E-state index contributed by atoms with van der Waals surface area (Å²) in [7, 11) is 0. The van der Waals surface area contributed by atoms with Gasteiger partial charge < -0.3 is 5.32 Å². The highest BCUT2D eigenvalue weighted by atomic mass is 35.5. The van der Waals surface area contributed by atoms with Crippen LogP contribution < -0.4 is 10.9 Å². The monoisotopic (exact) mass is 492 g/mol. The number of rotatable bonds is 8. The Kier molecular flexibility index (Phi) is 7.49. The zero-order valence-corrected chi connectivity index (χ0v) is 20.8. The fourth-order valence-corrected chi connectivity index (χ4v) is 5.73. The van der Waals surface area contributed by atoms with E-state index in [4.69, 9.17) is 16.7 Å². The molecule has 6 nitrogen and oxygen atoms in total. The molecule has 0 bridgehead atoms. The highest BCUT2D eigenvalue weighted by Crippen LogP contribution is 2.25. The number of nitrogens with one attached hydrogen (secondary N) is 1. The van der Waals surface area contributed by atoms with Crippen LogP contribution in [0.3, 0.4) is 0 Å². The van der Waals surface area contributed by atoms with Crippen molar-refractivity contribution in [3.63, 3.8) is 0 Å². The molecule has 7 heteroatoms. The fraction of sp³-hybridized carbons (Fsp3) is 0.464. The normalized spacial score (nSPS) is 18.9. The van der Waals surface area contributed by atoms with E-state index in [1.165, 1.54) is 12.8 Å². The number of nitrogens with zero attached hydrogens (tertiary/aromatic N) is 3. The standard InChI is InChI=1S/C28H33ClN4O2/c29-22-13-11-20(12-14-22)18-26-24-9-3-4-10-25(24)28(35)33(31-26)19-23-8-5-16-32(23)17-15-30-27(34)21-6-1-2-7-21/h3-4,9-14,21,23H,1-2,5-8,15-19H2,(H,30,34). The Morgan fingerprint density at radius 3 is 2.51 bits per heavy atom. The van der Waals surface area contributed by atoms with E-state index in [2.05, 4.69) is 10.2 Å². The summed E-state index contributed by atoms with van der Waals surface area (Å²) in [5.74, 6) is 0.404. The van der Waals surface area contributed by atoms with Crippen LogP contribution in [0.25, 0.3) is 10.8 Å². The SMILES string of the molecule is O=C(NCCN1CCCC1Cn1nc(Cc2ccc(Cl)cc2)c2ccccc2c1=O)C1CCCC1. The molecule has 1 aliphatic carbocycles. The van der Waals surface area contributed by atoms with Gasteiger partial charge in [0.25, 0.3) is 5.56 Å². The lowest BCUT2D eigenvalue weighted by molar-refractivity contribution is -0.124. The van der Waals surface area contributed by atoms with E-state index in [9.17, 15) is 9.59 Å². The molecular formula is C28H33ClN4O2. The quantitative estimate of drug-likeness (QED) is 0.505. The highest BCUT2D eigenvalue weighted by molar-refractivity contribution is 6.30. The minimum Gasteiger partial charge on any atom is -0.355 e. The number of fused-ring (bicyclic) bond motifs is 1. The summed E-state index contributed by atoms with van der Waals surface area (Å²) >= 11 is 6.06. The molecule has 35 heavy (non-hydrogen) atoms. The zero-order valence-electron chi connectivity index (χ0n) is 20.1. The van der Waals surface area contributed by atoms with E-state index in [0.717, 1.165) is 55.4 Å². The lowest BCUT2D eigenvalue weighted by Gasteiger charge is -2.25. The fourth-order valence-electron chi connectivity index (χ4n) is 5.61. The smallest absolute Gasteiger partial charge is 0.274 e. The van der Waals surface area contributed by atoms with Crippen molar-refractivity contribution in [3.8, 4) is 0 Å². The number of hydrogen-bond acceptors (Lipinski definition) is 4.